The quantitative estimate of drug-likeness (QED) is 0.624. The number of aromatic nitrogens is 2. The van der Waals surface area contributed by atoms with Crippen molar-refractivity contribution in [1.82, 2.24) is 15.0 Å². The molecule has 3 heterocycles. The standard InChI is InChI=1S/C21H24N4O3/c1-24(15-16-7-2-3-8-17(16)25-12-4-5-13-25)20(26)11-10-19-22-21(23-28-19)18-9-6-14-27-18/h2-3,6-9,14H,4-5,10-13,15H2,1H3. The summed E-state index contributed by atoms with van der Waals surface area (Å²) >= 11 is 0. The molecule has 0 atom stereocenters. The number of para-hydroxylation sites is 1. The molecule has 1 aliphatic rings. The average molecular weight is 380 g/mol. The smallest absolute Gasteiger partial charge is 0.238 e. The molecule has 1 saturated heterocycles. The van der Waals surface area contributed by atoms with E-state index in [4.69, 9.17) is 8.94 Å². The minimum atomic E-state index is 0.0500. The van der Waals surface area contributed by atoms with Crippen molar-refractivity contribution in [3.8, 4) is 11.6 Å². The maximum atomic E-state index is 12.6. The first-order valence-electron chi connectivity index (χ1n) is 9.64. The zero-order valence-corrected chi connectivity index (χ0v) is 16.0. The Kier molecular flexibility index (Phi) is 5.41. The van der Waals surface area contributed by atoms with E-state index >= 15 is 0 Å². The highest BCUT2D eigenvalue weighted by Gasteiger charge is 2.18. The fraction of sp³-hybridized carbons (Fsp3) is 0.381. The fourth-order valence-electron chi connectivity index (χ4n) is 3.52. The molecule has 0 saturated carbocycles. The van der Waals surface area contributed by atoms with Crippen LogP contribution in [0.25, 0.3) is 11.6 Å². The molecule has 0 bridgehead atoms. The Morgan fingerprint density at radius 2 is 2.00 bits per heavy atom. The first-order chi connectivity index (χ1) is 13.7. The summed E-state index contributed by atoms with van der Waals surface area (Å²) in [6.07, 6.45) is 4.75. The number of furan rings is 1. The summed E-state index contributed by atoms with van der Waals surface area (Å²) < 4.78 is 10.5. The van der Waals surface area contributed by atoms with E-state index in [0.29, 0.717) is 36.9 Å². The predicted octanol–water partition coefficient (Wildman–Crippen LogP) is 3.52. The second-order valence-corrected chi connectivity index (χ2v) is 7.06. The predicted molar refractivity (Wildman–Crippen MR) is 105 cm³/mol. The zero-order chi connectivity index (χ0) is 19.3. The summed E-state index contributed by atoms with van der Waals surface area (Å²) in [4.78, 5) is 21.0. The third kappa shape index (κ3) is 4.08. The van der Waals surface area contributed by atoms with E-state index in [1.165, 1.54) is 24.1 Å². The summed E-state index contributed by atoms with van der Waals surface area (Å²) in [5.74, 6) is 1.44. The number of benzene rings is 1. The SMILES string of the molecule is CN(Cc1ccccc1N1CCCC1)C(=O)CCc1nc(-c2ccco2)no1. The lowest BCUT2D eigenvalue weighted by Gasteiger charge is -2.24. The molecule has 1 aliphatic heterocycles. The molecule has 7 nitrogen and oxygen atoms in total. The summed E-state index contributed by atoms with van der Waals surface area (Å²) in [5, 5.41) is 3.89. The maximum absolute atomic E-state index is 12.6. The Hall–Kier alpha value is -3.09. The van der Waals surface area contributed by atoms with Gasteiger partial charge in [0.25, 0.3) is 0 Å². The first-order valence-corrected chi connectivity index (χ1v) is 9.64. The Morgan fingerprint density at radius 3 is 2.79 bits per heavy atom. The molecule has 28 heavy (non-hydrogen) atoms. The number of carbonyl (C=O) groups is 1. The lowest BCUT2D eigenvalue weighted by Crippen LogP contribution is -2.28. The summed E-state index contributed by atoms with van der Waals surface area (Å²) in [6.45, 7) is 2.76. The van der Waals surface area contributed by atoms with E-state index in [9.17, 15) is 4.79 Å². The Labute approximate surface area is 163 Å². The van der Waals surface area contributed by atoms with Crippen molar-refractivity contribution in [3.05, 3.63) is 54.1 Å². The van der Waals surface area contributed by atoms with Gasteiger partial charge >= 0.3 is 0 Å². The Morgan fingerprint density at radius 1 is 1.18 bits per heavy atom. The van der Waals surface area contributed by atoms with Crippen molar-refractivity contribution >= 4 is 11.6 Å². The third-order valence-electron chi connectivity index (χ3n) is 5.03. The van der Waals surface area contributed by atoms with Gasteiger partial charge in [-0.05, 0) is 36.6 Å². The molecule has 4 rings (SSSR count). The van der Waals surface area contributed by atoms with E-state index in [1.54, 1.807) is 23.3 Å². The lowest BCUT2D eigenvalue weighted by molar-refractivity contribution is -0.130. The average Bonchev–Trinajstić information content (AvgIpc) is 3.48. The monoisotopic (exact) mass is 380 g/mol. The second-order valence-electron chi connectivity index (χ2n) is 7.06. The highest BCUT2D eigenvalue weighted by molar-refractivity contribution is 5.76. The highest BCUT2D eigenvalue weighted by Crippen LogP contribution is 2.25. The van der Waals surface area contributed by atoms with Gasteiger partial charge in [0.05, 0.1) is 6.26 Å². The summed E-state index contributed by atoms with van der Waals surface area (Å²) in [5.41, 5.74) is 2.41. The second kappa shape index (κ2) is 8.29. The molecule has 0 aliphatic carbocycles. The number of nitrogens with zero attached hydrogens (tertiary/aromatic N) is 4. The van der Waals surface area contributed by atoms with E-state index in [0.717, 1.165) is 13.1 Å². The molecule has 0 radical (unpaired) electrons. The number of hydrogen-bond donors (Lipinski definition) is 0. The van der Waals surface area contributed by atoms with Gasteiger partial charge in [0.15, 0.2) is 5.76 Å². The van der Waals surface area contributed by atoms with Gasteiger partial charge in [-0.1, -0.05) is 23.4 Å². The van der Waals surface area contributed by atoms with E-state index in [1.807, 2.05) is 13.1 Å². The van der Waals surface area contributed by atoms with Crippen LogP contribution in [0.4, 0.5) is 5.69 Å². The molecular weight excluding hydrogens is 356 g/mol. The van der Waals surface area contributed by atoms with Crippen LogP contribution in [0.5, 0.6) is 0 Å². The van der Waals surface area contributed by atoms with E-state index < -0.39 is 0 Å². The van der Waals surface area contributed by atoms with Crippen molar-refractivity contribution in [2.75, 3.05) is 25.0 Å². The molecule has 2 aromatic heterocycles. The number of hydrogen-bond acceptors (Lipinski definition) is 6. The minimum absolute atomic E-state index is 0.0500. The fourth-order valence-corrected chi connectivity index (χ4v) is 3.52. The number of amides is 1. The molecule has 1 amide bonds. The Balaban J connectivity index is 1.34. The third-order valence-corrected chi connectivity index (χ3v) is 5.03. The molecule has 146 valence electrons. The molecule has 1 aromatic carbocycles. The van der Waals surface area contributed by atoms with Crippen LogP contribution in [0.1, 0.15) is 30.7 Å². The van der Waals surface area contributed by atoms with Crippen LogP contribution in [-0.2, 0) is 17.8 Å². The number of carbonyl (C=O) groups excluding carboxylic acids is 1. The van der Waals surface area contributed by atoms with Crippen LogP contribution in [0, 0.1) is 0 Å². The van der Waals surface area contributed by atoms with Crippen LogP contribution in [-0.4, -0.2) is 41.1 Å². The van der Waals surface area contributed by atoms with Gasteiger partial charge in [-0.3, -0.25) is 4.79 Å². The first kappa shape index (κ1) is 18.3. The lowest BCUT2D eigenvalue weighted by atomic mass is 10.1. The van der Waals surface area contributed by atoms with Gasteiger partial charge in [0.2, 0.25) is 17.6 Å². The van der Waals surface area contributed by atoms with Crippen LogP contribution < -0.4 is 4.90 Å². The van der Waals surface area contributed by atoms with Gasteiger partial charge in [-0.15, -0.1) is 0 Å². The van der Waals surface area contributed by atoms with Crippen LogP contribution in [0.2, 0.25) is 0 Å². The molecular formula is C21H24N4O3. The molecule has 3 aromatic rings. The number of aryl methyl sites for hydroxylation is 1. The van der Waals surface area contributed by atoms with Crippen LogP contribution in [0.15, 0.2) is 51.6 Å². The largest absolute Gasteiger partial charge is 0.461 e. The van der Waals surface area contributed by atoms with E-state index in [-0.39, 0.29) is 5.91 Å². The Bertz CT molecular complexity index is 913. The van der Waals surface area contributed by atoms with Crippen molar-refractivity contribution in [1.29, 1.82) is 0 Å². The van der Waals surface area contributed by atoms with Gasteiger partial charge in [0.1, 0.15) is 0 Å². The van der Waals surface area contributed by atoms with Gasteiger partial charge in [0, 0.05) is 45.2 Å². The van der Waals surface area contributed by atoms with Crippen molar-refractivity contribution in [3.63, 3.8) is 0 Å². The summed E-state index contributed by atoms with van der Waals surface area (Å²) in [6, 6.07) is 11.9. The molecule has 7 heteroatoms. The van der Waals surface area contributed by atoms with Gasteiger partial charge < -0.3 is 18.7 Å². The van der Waals surface area contributed by atoms with Crippen LogP contribution >= 0.6 is 0 Å². The van der Waals surface area contributed by atoms with Gasteiger partial charge in [-0.2, -0.15) is 4.98 Å². The van der Waals surface area contributed by atoms with Crippen molar-refractivity contribution in [2.45, 2.75) is 32.2 Å². The van der Waals surface area contributed by atoms with Gasteiger partial charge in [-0.25, -0.2) is 0 Å². The molecule has 0 N–H and O–H groups in total. The van der Waals surface area contributed by atoms with Crippen molar-refractivity contribution < 1.29 is 13.7 Å². The van der Waals surface area contributed by atoms with Crippen molar-refractivity contribution in [2.24, 2.45) is 0 Å². The van der Waals surface area contributed by atoms with E-state index in [2.05, 4.69) is 33.2 Å². The molecule has 0 unspecified atom stereocenters. The van der Waals surface area contributed by atoms with Crippen LogP contribution in [0.3, 0.4) is 0 Å². The number of rotatable bonds is 7. The minimum Gasteiger partial charge on any atom is -0.461 e. The maximum Gasteiger partial charge on any atom is 0.238 e. The summed E-state index contributed by atoms with van der Waals surface area (Å²) in [7, 11) is 1.84. The zero-order valence-electron chi connectivity index (χ0n) is 16.0. The number of anilines is 1. The topological polar surface area (TPSA) is 75.6 Å². The molecule has 1 fully saturated rings. The normalized spacial score (nSPS) is 13.8. The highest BCUT2D eigenvalue weighted by atomic mass is 16.5. The molecule has 0 spiro atoms.